The summed E-state index contributed by atoms with van der Waals surface area (Å²) in [5.41, 5.74) is 5.93. The number of nitrogens with two attached hydrogens (primary N) is 1. The molecule has 33 heavy (non-hydrogen) atoms. The number of nitrogens with one attached hydrogen (secondary N) is 3. The van der Waals surface area contributed by atoms with Crippen molar-refractivity contribution < 1.29 is 27.2 Å². The molecule has 0 aliphatic carbocycles. The van der Waals surface area contributed by atoms with Crippen LogP contribution in [0, 0.1) is 5.82 Å². The summed E-state index contributed by atoms with van der Waals surface area (Å²) in [6, 6.07) is 11.2. The van der Waals surface area contributed by atoms with Crippen molar-refractivity contribution in [3.8, 4) is 11.1 Å². The fourth-order valence-electron chi connectivity index (χ4n) is 3.34. The minimum atomic E-state index is -4.89. The normalized spacial score (nSPS) is 11.4. The average molecular weight is 457 g/mol. The van der Waals surface area contributed by atoms with Crippen LogP contribution in [0.1, 0.15) is 16.1 Å². The van der Waals surface area contributed by atoms with Gasteiger partial charge in [-0.1, -0.05) is 12.1 Å². The molecule has 0 saturated heterocycles. The number of anilines is 2. The van der Waals surface area contributed by atoms with E-state index in [-0.39, 0.29) is 11.4 Å². The number of nitrogens with zero attached hydrogens (tertiary/aromatic N) is 1. The van der Waals surface area contributed by atoms with Gasteiger partial charge < -0.3 is 21.4 Å². The maximum atomic E-state index is 13.4. The molecule has 2 aromatic heterocycles. The molecule has 4 aromatic rings. The Labute approximate surface area is 183 Å². The molecule has 2 heterocycles. The maximum absolute atomic E-state index is 13.4. The first kappa shape index (κ1) is 21.8. The lowest BCUT2D eigenvalue weighted by atomic mass is 10.0. The van der Waals surface area contributed by atoms with Crippen LogP contribution in [0.4, 0.5) is 33.7 Å². The molecule has 0 bridgehead atoms. The molecule has 11 heteroatoms. The molecular formula is C22H15F4N5O2. The number of alkyl halides is 3. The Balaban J connectivity index is 1.54. The van der Waals surface area contributed by atoms with Crippen LogP contribution >= 0.6 is 0 Å². The molecule has 0 saturated carbocycles. The van der Waals surface area contributed by atoms with Gasteiger partial charge in [0.15, 0.2) is 0 Å². The van der Waals surface area contributed by atoms with Crippen molar-refractivity contribution in [2.75, 3.05) is 10.6 Å². The number of carbonyl (C=O) groups is 2. The minimum Gasteiger partial charge on any atom is -0.364 e. The van der Waals surface area contributed by atoms with Crippen molar-refractivity contribution in [2.45, 2.75) is 6.18 Å². The topological polar surface area (TPSA) is 113 Å². The number of aromatic nitrogens is 2. The maximum Gasteiger partial charge on any atom is 0.419 e. The molecule has 0 aliphatic rings. The molecule has 3 amide bonds. The Hall–Kier alpha value is -4.41. The van der Waals surface area contributed by atoms with E-state index in [9.17, 15) is 27.2 Å². The second-order valence-corrected chi connectivity index (χ2v) is 6.99. The first-order chi connectivity index (χ1) is 15.6. The van der Waals surface area contributed by atoms with Crippen molar-refractivity contribution in [3.63, 3.8) is 0 Å². The van der Waals surface area contributed by atoms with E-state index in [1.54, 1.807) is 42.6 Å². The molecule has 7 nitrogen and oxygen atoms in total. The van der Waals surface area contributed by atoms with Gasteiger partial charge in [-0.15, -0.1) is 0 Å². The molecule has 0 atom stereocenters. The Kier molecular flexibility index (Phi) is 5.46. The molecule has 168 valence electrons. The Morgan fingerprint density at radius 3 is 2.30 bits per heavy atom. The van der Waals surface area contributed by atoms with E-state index >= 15 is 0 Å². The molecule has 0 aliphatic heterocycles. The van der Waals surface area contributed by atoms with Crippen molar-refractivity contribution in [1.29, 1.82) is 0 Å². The van der Waals surface area contributed by atoms with Gasteiger partial charge in [0, 0.05) is 28.5 Å². The zero-order chi connectivity index (χ0) is 23.8. The number of urea groups is 1. The summed E-state index contributed by atoms with van der Waals surface area (Å²) in [5.74, 6) is -2.10. The molecule has 0 fully saturated rings. The fraction of sp³-hybridized carbons (Fsp3) is 0.0455. The molecule has 4 rings (SSSR count). The van der Waals surface area contributed by atoms with Gasteiger partial charge in [0.1, 0.15) is 17.2 Å². The monoisotopic (exact) mass is 457 g/mol. The molecule has 5 N–H and O–H groups in total. The van der Waals surface area contributed by atoms with Crippen LogP contribution in [-0.4, -0.2) is 21.9 Å². The van der Waals surface area contributed by atoms with Crippen molar-refractivity contribution in [3.05, 3.63) is 77.9 Å². The number of amides is 3. The van der Waals surface area contributed by atoms with Crippen molar-refractivity contribution in [2.24, 2.45) is 5.73 Å². The number of benzene rings is 2. The number of carbonyl (C=O) groups excluding carboxylic acids is 2. The van der Waals surface area contributed by atoms with E-state index < -0.39 is 29.5 Å². The van der Waals surface area contributed by atoms with Crippen LogP contribution in [0.25, 0.3) is 22.2 Å². The number of rotatable bonds is 4. The summed E-state index contributed by atoms with van der Waals surface area (Å²) in [7, 11) is 0. The number of fused-ring (bicyclic) bond motifs is 1. The summed E-state index contributed by atoms with van der Waals surface area (Å²) in [4.78, 5) is 31.1. The molecule has 0 spiro atoms. The van der Waals surface area contributed by atoms with Crippen LogP contribution in [0.3, 0.4) is 0 Å². The van der Waals surface area contributed by atoms with Crippen LogP contribution in [0.5, 0.6) is 0 Å². The van der Waals surface area contributed by atoms with Crippen LogP contribution in [-0.2, 0) is 6.18 Å². The summed E-state index contributed by atoms with van der Waals surface area (Å²) in [6.45, 7) is 0. The summed E-state index contributed by atoms with van der Waals surface area (Å²) >= 11 is 0. The Morgan fingerprint density at radius 1 is 0.970 bits per heavy atom. The molecule has 0 radical (unpaired) electrons. The lowest BCUT2D eigenvalue weighted by molar-refractivity contribution is -0.139. The van der Waals surface area contributed by atoms with Crippen LogP contribution < -0.4 is 16.4 Å². The lowest BCUT2D eigenvalue weighted by Crippen LogP contribution is -2.20. The van der Waals surface area contributed by atoms with Gasteiger partial charge in [0.05, 0.1) is 5.56 Å². The first-order valence-electron chi connectivity index (χ1n) is 9.45. The van der Waals surface area contributed by atoms with Gasteiger partial charge in [-0.05, 0) is 48.0 Å². The Morgan fingerprint density at radius 2 is 1.64 bits per heavy atom. The second-order valence-electron chi connectivity index (χ2n) is 6.99. The van der Waals surface area contributed by atoms with Gasteiger partial charge >= 0.3 is 12.2 Å². The average Bonchev–Trinajstić information content (AvgIpc) is 3.15. The fourth-order valence-corrected chi connectivity index (χ4v) is 3.34. The first-order valence-corrected chi connectivity index (χ1v) is 9.45. The SMILES string of the molecule is NC(=O)c1[nH]c2ncccc2c1-c1ccc(NC(=O)Nc2ccc(F)c(C(F)(F)F)c2)cc1. The third kappa shape index (κ3) is 4.47. The number of pyridine rings is 1. The zero-order valence-electron chi connectivity index (χ0n) is 16.6. The second kappa shape index (κ2) is 8.26. The van der Waals surface area contributed by atoms with E-state index in [1.807, 2.05) is 0 Å². The van der Waals surface area contributed by atoms with Crippen molar-refractivity contribution >= 4 is 34.3 Å². The Bertz CT molecular complexity index is 1360. The third-order valence-corrected chi connectivity index (χ3v) is 4.78. The summed E-state index contributed by atoms with van der Waals surface area (Å²) in [5, 5.41) is 5.38. The van der Waals surface area contributed by atoms with E-state index in [0.29, 0.717) is 40.0 Å². The van der Waals surface area contributed by atoms with Crippen LogP contribution in [0.2, 0.25) is 0 Å². The van der Waals surface area contributed by atoms with Gasteiger partial charge in [0.2, 0.25) is 0 Å². The predicted molar refractivity (Wildman–Crippen MR) is 114 cm³/mol. The number of hydrogen-bond acceptors (Lipinski definition) is 3. The standard InChI is InChI=1S/C22H15F4N5O2/c23-16-8-7-13(10-15(16)22(24,25)26)30-21(33)29-12-5-3-11(4-6-12)17-14-2-1-9-28-20(14)31-18(17)19(27)32/h1-10H,(H2,27,32)(H,28,31)(H2,29,30,33). The highest BCUT2D eigenvalue weighted by Crippen LogP contribution is 2.34. The number of aromatic amines is 1. The van der Waals surface area contributed by atoms with Crippen LogP contribution in [0.15, 0.2) is 60.8 Å². The van der Waals surface area contributed by atoms with E-state index in [4.69, 9.17) is 5.73 Å². The molecule has 2 aromatic carbocycles. The highest BCUT2D eigenvalue weighted by atomic mass is 19.4. The molecule has 0 unspecified atom stereocenters. The lowest BCUT2D eigenvalue weighted by Gasteiger charge is -2.12. The number of primary amides is 1. The van der Waals surface area contributed by atoms with Crippen molar-refractivity contribution in [1.82, 2.24) is 9.97 Å². The quantitative estimate of drug-likeness (QED) is 0.319. The summed E-state index contributed by atoms with van der Waals surface area (Å²) < 4.78 is 51.9. The van der Waals surface area contributed by atoms with Gasteiger partial charge in [-0.2, -0.15) is 13.2 Å². The minimum absolute atomic E-state index is 0.180. The van der Waals surface area contributed by atoms with E-state index in [0.717, 1.165) is 6.07 Å². The zero-order valence-corrected chi connectivity index (χ0v) is 16.6. The van der Waals surface area contributed by atoms with Gasteiger partial charge in [-0.25, -0.2) is 14.2 Å². The molecular weight excluding hydrogens is 442 g/mol. The largest absolute Gasteiger partial charge is 0.419 e. The van der Waals surface area contributed by atoms with E-state index in [1.165, 1.54) is 0 Å². The van der Waals surface area contributed by atoms with E-state index in [2.05, 4.69) is 20.6 Å². The van der Waals surface area contributed by atoms with Gasteiger partial charge in [-0.3, -0.25) is 4.79 Å². The van der Waals surface area contributed by atoms with Gasteiger partial charge in [0.25, 0.3) is 5.91 Å². The summed E-state index contributed by atoms with van der Waals surface area (Å²) in [6.07, 6.45) is -3.33. The highest BCUT2D eigenvalue weighted by molar-refractivity contribution is 6.08. The smallest absolute Gasteiger partial charge is 0.364 e. The third-order valence-electron chi connectivity index (χ3n) is 4.78. The number of H-pyrrole nitrogens is 1. The number of hydrogen-bond donors (Lipinski definition) is 4. The highest BCUT2D eigenvalue weighted by Gasteiger charge is 2.34. The number of halogens is 4. The predicted octanol–water partition coefficient (Wildman–Crippen LogP) is 5.13.